The highest BCUT2D eigenvalue weighted by molar-refractivity contribution is 6.41. The van der Waals surface area contributed by atoms with Gasteiger partial charge in [-0.05, 0) is 37.1 Å². The summed E-state index contributed by atoms with van der Waals surface area (Å²) in [5.74, 6) is 0.0809. The molecule has 1 aliphatic heterocycles. The molecular weight excluding hydrogens is 344 g/mol. The number of hydrogen-bond acceptors (Lipinski definition) is 4. The quantitative estimate of drug-likeness (QED) is 0.762. The highest BCUT2D eigenvalue weighted by atomic mass is 16.5. The molecule has 0 radical (unpaired) electrons. The molecule has 0 aliphatic carbocycles. The fraction of sp³-hybridized carbons (Fsp3) is 0.333. The first-order valence-corrected chi connectivity index (χ1v) is 8.83. The molecule has 6 nitrogen and oxygen atoms in total. The second kappa shape index (κ2) is 7.70. The summed E-state index contributed by atoms with van der Waals surface area (Å²) in [7, 11) is 3.09. The van der Waals surface area contributed by atoms with Crippen LogP contribution in [0.3, 0.4) is 0 Å². The number of carbonyl (C=O) groups is 2. The minimum absolute atomic E-state index is 0.435. The van der Waals surface area contributed by atoms with E-state index in [1.54, 1.807) is 30.2 Å². The van der Waals surface area contributed by atoms with Crippen LogP contribution in [0.5, 0.6) is 11.5 Å². The van der Waals surface area contributed by atoms with Gasteiger partial charge in [0.05, 0.1) is 14.2 Å². The number of piperazine rings is 1. The molecule has 2 amide bonds. The molecule has 0 bridgehead atoms. The summed E-state index contributed by atoms with van der Waals surface area (Å²) < 4.78 is 10.5. The van der Waals surface area contributed by atoms with Crippen LogP contribution in [0, 0.1) is 13.8 Å². The molecule has 0 spiro atoms. The minimum Gasteiger partial charge on any atom is -0.493 e. The third kappa shape index (κ3) is 3.74. The van der Waals surface area contributed by atoms with Crippen LogP contribution in [-0.4, -0.2) is 44.0 Å². The van der Waals surface area contributed by atoms with Crippen LogP contribution in [0.2, 0.25) is 0 Å². The van der Waals surface area contributed by atoms with E-state index in [0.717, 1.165) is 16.7 Å². The summed E-state index contributed by atoms with van der Waals surface area (Å²) in [6.45, 7) is 5.39. The zero-order chi connectivity index (χ0) is 19.6. The Morgan fingerprint density at radius 3 is 2.33 bits per heavy atom. The van der Waals surface area contributed by atoms with Crippen LogP contribution in [0.15, 0.2) is 36.4 Å². The monoisotopic (exact) mass is 368 g/mol. The molecule has 0 aromatic heterocycles. The average molecular weight is 368 g/mol. The minimum atomic E-state index is -0.529. The molecule has 0 unspecified atom stereocenters. The van der Waals surface area contributed by atoms with E-state index in [1.807, 2.05) is 26.0 Å². The second-order valence-electron chi connectivity index (χ2n) is 6.65. The molecule has 1 saturated heterocycles. The first-order chi connectivity index (χ1) is 12.9. The van der Waals surface area contributed by atoms with Gasteiger partial charge < -0.3 is 19.3 Å². The van der Waals surface area contributed by atoms with Gasteiger partial charge in [0.2, 0.25) is 0 Å². The van der Waals surface area contributed by atoms with Gasteiger partial charge in [-0.3, -0.25) is 9.59 Å². The zero-order valence-electron chi connectivity index (χ0n) is 16.1. The van der Waals surface area contributed by atoms with Gasteiger partial charge in [0.1, 0.15) is 0 Å². The topological polar surface area (TPSA) is 59.1 Å². The van der Waals surface area contributed by atoms with Crippen LogP contribution >= 0.6 is 0 Å². The third-order valence-corrected chi connectivity index (χ3v) is 4.85. The van der Waals surface area contributed by atoms with Gasteiger partial charge in [0.15, 0.2) is 11.5 Å². The maximum Gasteiger partial charge on any atom is 0.316 e. The molecule has 2 aromatic rings. The normalized spacial score (nSPS) is 14.5. The molecular formula is C21H24N2O4. The van der Waals surface area contributed by atoms with Crippen LogP contribution in [0.4, 0.5) is 5.69 Å². The molecule has 6 heteroatoms. The Morgan fingerprint density at radius 1 is 0.889 bits per heavy atom. The summed E-state index contributed by atoms with van der Waals surface area (Å²) >= 11 is 0. The molecule has 27 heavy (non-hydrogen) atoms. The van der Waals surface area contributed by atoms with Gasteiger partial charge in [-0.2, -0.15) is 0 Å². The lowest BCUT2D eigenvalue weighted by atomic mass is 10.0. The van der Waals surface area contributed by atoms with Crippen LogP contribution in [0.1, 0.15) is 16.7 Å². The van der Waals surface area contributed by atoms with Crippen molar-refractivity contribution in [3.8, 4) is 11.5 Å². The van der Waals surface area contributed by atoms with E-state index in [0.29, 0.717) is 36.8 Å². The molecule has 0 saturated carbocycles. The van der Waals surface area contributed by atoms with E-state index in [-0.39, 0.29) is 0 Å². The number of carbonyl (C=O) groups excluding carboxylic acids is 2. The number of rotatable bonds is 5. The Balaban J connectivity index is 1.78. The zero-order valence-corrected chi connectivity index (χ0v) is 16.1. The third-order valence-electron chi connectivity index (χ3n) is 4.85. The number of hydrogen-bond donors (Lipinski definition) is 0. The van der Waals surface area contributed by atoms with Crippen molar-refractivity contribution in [3.63, 3.8) is 0 Å². The number of methoxy groups -OCH3 is 2. The Bertz CT molecular complexity index is 878. The van der Waals surface area contributed by atoms with Crippen molar-refractivity contribution < 1.29 is 19.1 Å². The average Bonchev–Trinajstić information content (AvgIpc) is 2.68. The van der Waals surface area contributed by atoms with Gasteiger partial charge in [0.25, 0.3) is 0 Å². The molecule has 0 atom stereocenters. The molecule has 1 aliphatic rings. The predicted octanol–water partition coefficient (Wildman–Crippen LogP) is 2.70. The van der Waals surface area contributed by atoms with E-state index < -0.39 is 11.8 Å². The summed E-state index contributed by atoms with van der Waals surface area (Å²) in [6, 6.07) is 11.3. The Kier molecular flexibility index (Phi) is 5.35. The number of amides is 2. The number of nitrogens with zero attached hydrogens (tertiary/aromatic N) is 2. The van der Waals surface area contributed by atoms with E-state index >= 15 is 0 Å². The standard InChI is InChI=1S/C21H24N2O4/c1-14-5-6-15(2)16(11-14)13-22-9-10-23(21(25)20(22)24)17-7-8-18(26-3)19(12-17)27-4/h5-8,11-12H,9-10,13H2,1-4H3. The van der Waals surface area contributed by atoms with E-state index in [2.05, 4.69) is 6.07 Å². The number of benzene rings is 2. The van der Waals surface area contributed by atoms with E-state index in [9.17, 15) is 9.59 Å². The van der Waals surface area contributed by atoms with Crippen molar-refractivity contribution in [2.75, 3.05) is 32.2 Å². The molecule has 3 rings (SSSR count). The lowest BCUT2D eigenvalue weighted by molar-refractivity contribution is -0.146. The van der Waals surface area contributed by atoms with Gasteiger partial charge in [-0.15, -0.1) is 0 Å². The maximum absolute atomic E-state index is 12.7. The molecule has 1 heterocycles. The smallest absolute Gasteiger partial charge is 0.316 e. The van der Waals surface area contributed by atoms with Gasteiger partial charge in [-0.25, -0.2) is 0 Å². The molecule has 1 fully saturated rings. The highest BCUT2D eigenvalue weighted by Crippen LogP contribution is 2.32. The Hall–Kier alpha value is -3.02. The van der Waals surface area contributed by atoms with Crippen molar-refractivity contribution in [3.05, 3.63) is 53.1 Å². The van der Waals surface area contributed by atoms with Crippen molar-refractivity contribution >= 4 is 17.5 Å². The van der Waals surface area contributed by atoms with Gasteiger partial charge in [-0.1, -0.05) is 23.8 Å². The van der Waals surface area contributed by atoms with Crippen LogP contribution < -0.4 is 14.4 Å². The first-order valence-electron chi connectivity index (χ1n) is 8.83. The van der Waals surface area contributed by atoms with Crippen molar-refractivity contribution in [1.82, 2.24) is 4.90 Å². The Labute approximate surface area is 159 Å². The van der Waals surface area contributed by atoms with Crippen molar-refractivity contribution in [1.29, 1.82) is 0 Å². The number of ether oxygens (including phenoxy) is 2. The van der Waals surface area contributed by atoms with Gasteiger partial charge >= 0.3 is 11.8 Å². The summed E-state index contributed by atoms with van der Waals surface area (Å²) in [6.07, 6.45) is 0. The first kappa shape index (κ1) is 18.8. The maximum atomic E-state index is 12.7. The van der Waals surface area contributed by atoms with Gasteiger partial charge in [0, 0.05) is 31.4 Å². The molecule has 2 aromatic carbocycles. The van der Waals surface area contributed by atoms with E-state index in [4.69, 9.17) is 9.47 Å². The SMILES string of the molecule is COc1ccc(N2CCN(Cc3cc(C)ccc3C)C(=O)C2=O)cc1OC. The predicted molar refractivity (Wildman–Crippen MR) is 103 cm³/mol. The largest absolute Gasteiger partial charge is 0.493 e. The Morgan fingerprint density at radius 2 is 1.63 bits per heavy atom. The van der Waals surface area contributed by atoms with Crippen molar-refractivity contribution in [2.45, 2.75) is 20.4 Å². The van der Waals surface area contributed by atoms with Crippen LogP contribution in [-0.2, 0) is 16.1 Å². The fourth-order valence-electron chi connectivity index (χ4n) is 3.24. The fourth-order valence-corrected chi connectivity index (χ4v) is 3.24. The summed E-state index contributed by atoms with van der Waals surface area (Å²) in [4.78, 5) is 28.5. The summed E-state index contributed by atoms with van der Waals surface area (Å²) in [5, 5.41) is 0. The second-order valence-corrected chi connectivity index (χ2v) is 6.65. The van der Waals surface area contributed by atoms with Crippen LogP contribution in [0.25, 0.3) is 0 Å². The van der Waals surface area contributed by atoms with Crippen molar-refractivity contribution in [2.24, 2.45) is 0 Å². The molecule has 142 valence electrons. The lowest BCUT2D eigenvalue weighted by Crippen LogP contribution is -2.54. The summed E-state index contributed by atoms with van der Waals surface area (Å²) in [5.41, 5.74) is 3.94. The number of aryl methyl sites for hydroxylation is 2. The van der Waals surface area contributed by atoms with E-state index in [1.165, 1.54) is 12.0 Å². The number of anilines is 1. The molecule has 0 N–H and O–H groups in total. The highest BCUT2D eigenvalue weighted by Gasteiger charge is 2.33. The lowest BCUT2D eigenvalue weighted by Gasteiger charge is -2.34.